The molecular formula is C11H12BrN3O2. The zero-order chi connectivity index (χ0) is 12.3. The molecule has 1 unspecified atom stereocenters. The Morgan fingerprint density at radius 2 is 2.29 bits per heavy atom. The molecule has 5 nitrogen and oxygen atoms in total. The summed E-state index contributed by atoms with van der Waals surface area (Å²) in [5.74, 6) is 1.56. The van der Waals surface area contributed by atoms with Crippen molar-refractivity contribution in [2.75, 3.05) is 0 Å². The first-order chi connectivity index (χ1) is 8.15. The van der Waals surface area contributed by atoms with E-state index in [1.165, 1.54) is 0 Å². The summed E-state index contributed by atoms with van der Waals surface area (Å²) in [6.45, 7) is 2.02. The Balaban J connectivity index is 1.97. The number of aromatic nitrogens is 2. The third kappa shape index (κ3) is 3.28. The maximum atomic E-state index is 5.61. The molecular weight excluding hydrogens is 286 g/mol. The number of rotatable bonds is 4. The molecule has 1 aromatic carbocycles. The molecule has 0 saturated heterocycles. The molecule has 0 radical (unpaired) electrons. The van der Waals surface area contributed by atoms with Crippen LogP contribution in [0.1, 0.15) is 24.7 Å². The topological polar surface area (TPSA) is 74.2 Å². The van der Waals surface area contributed by atoms with Crippen LogP contribution in [0, 0.1) is 0 Å². The van der Waals surface area contributed by atoms with Crippen molar-refractivity contribution >= 4 is 15.9 Å². The van der Waals surface area contributed by atoms with Gasteiger partial charge in [-0.2, -0.15) is 0 Å². The number of benzene rings is 1. The van der Waals surface area contributed by atoms with Gasteiger partial charge < -0.3 is 14.9 Å². The van der Waals surface area contributed by atoms with Crippen LogP contribution in [0.15, 0.2) is 33.2 Å². The normalized spacial score (nSPS) is 12.4. The van der Waals surface area contributed by atoms with E-state index in [0.717, 1.165) is 10.2 Å². The fourth-order valence-corrected chi connectivity index (χ4v) is 1.59. The Labute approximate surface area is 107 Å². The zero-order valence-electron chi connectivity index (χ0n) is 9.26. The van der Waals surface area contributed by atoms with Crippen molar-refractivity contribution in [3.63, 3.8) is 0 Å². The van der Waals surface area contributed by atoms with Crippen LogP contribution < -0.4 is 10.5 Å². The number of hydrogen-bond acceptors (Lipinski definition) is 5. The summed E-state index contributed by atoms with van der Waals surface area (Å²) in [7, 11) is 0. The standard InChI is InChI=1S/C11H12BrN3O2/c1-7(13)11-15-14-10(17-11)6-16-9-4-2-3-8(12)5-9/h2-5,7H,6,13H2,1H3. The van der Waals surface area contributed by atoms with E-state index in [1.807, 2.05) is 24.3 Å². The largest absolute Gasteiger partial charge is 0.484 e. The summed E-state index contributed by atoms with van der Waals surface area (Å²) in [5.41, 5.74) is 5.61. The van der Waals surface area contributed by atoms with Gasteiger partial charge in [0.1, 0.15) is 5.75 Å². The Bertz CT molecular complexity index is 499. The van der Waals surface area contributed by atoms with E-state index in [9.17, 15) is 0 Å². The van der Waals surface area contributed by atoms with Gasteiger partial charge in [-0.25, -0.2) is 0 Å². The molecule has 2 aromatic rings. The third-order valence-electron chi connectivity index (χ3n) is 2.03. The molecule has 0 saturated carbocycles. The van der Waals surface area contributed by atoms with Gasteiger partial charge in [0.15, 0.2) is 6.61 Å². The monoisotopic (exact) mass is 297 g/mol. The highest BCUT2D eigenvalue weighted by Gasteiger charge is 2.10. The van der Waals surface area contributed by atoms with Gasteiger partial charge in [-0.15, -0.1) is 10.2 Å². The van der Waals surface area contributed by atoms with E-state index in [4.69, 9.17) is 14.9 Å². The summed E-state index contributed by atoms with van der Waals surface area (Å²) < 4.78 is 11.8. The molecule has 0 aliphatic heterocycles. The summed E-state index contributed by atoms with van der Waals surface area (Å²) in [6.07, 6.45) is 0. The highest BCUT2D eigenvalue weighted by atomic mass is 79.9. The van der Waals surface area contributed by atoms with Gasteiger partial charge in [0.25, 0.3) is 5.89 Å². The van der Waals surface area contributed by atoms with Crippen LogP contribution in [0.2, 0.25) is 0 Å². The van der Waals surface area contributed by atoms with E-state index >= 15 is 0 Å². The fourth-order valence-electron chi connectivity index (χ4n) is 1.21. The average molecular weight is 298 g/mol. The van der Waals surface area contributed by atoms with Crippen molar-refractivity contribution in [3.05, 3.63) is 40.5 Å². The lowest BCUT2D eigenvalue weighted by Crippen LogP contribution is -2.04. The van der Waals surface area contributed by atoms with E-state index in [2.05, 4.69) is 26.1 Å². The molecule has 2 N–H and O–H groups in total. The van der Waals surface area contributed by atoms with Crippen molar-refractivity contribution in [2.24, 2.45) is 5.73 Å². The molecule has 0 aliphatic rings. The Morgan fingerprint density at radius 1 is 1.47 bits per heavy atom. The van der Waals surface area contributed by atoms with E-state index < -0.39 is 0 Å². The second-order valence-corrected chi connectivity index (χ2v) is 4.48. The van der Waals surface area contributed by atoms with E-state index in [-0.39, 0.29) is 12.6 Å². The van der Waals surface area contributed by atoms with Crippen LogP contribution in [0.5, 0.6) is 5.75 Å². The zero-order valence-corrected chi connectivity index (χ0v) is 10.8. The summed E-state index contributed by atoms with van der Waals surface area (Å²) in [5, 5.41) is 7.66. The lowest BCUT2D eigenvalue weighted by atomic mass is 10.3. The predicted octanol–water partition coefficient (Wildman–Crippen LogP) is 2.43. The van der Waals surface area contributed by atoms with Crippen LogP contribution in [0.3, 0.4) is 0 Å². The van der Waals surface area contributed by atoms with Gasteiger partial charge in [-0.05, 0) is 25.1 Å². The molecule has 1 atom stereocenters. The molecule has 1 heterocycles. The third-order valence-corrected chi connectivity index (χ3v) is 2.52. The van der Waals surface area contributed by atoms with Gasteiger partial charge >= 0.3 is 0 Å². The number of halogens is 1. The second kappa shape index (κ2) is 5.29. The van der Waals surface area contributed by atoms with Gasteiger partial charge in [-0.1, -0.05) is 22.0 Å². The van der Waals surface area contributed by atoms with Gasteiger partial charge in [0.2, 0.25) is 5.89 Å². The maximum absolute atomic E-state index is 5.61. The first kappa shape index (κ1) is 12.1. The summed E-state index contributed by atoms with van der Waals surface area (Å²) in [4.78, 5) is 0. The highest BCUT2D eigenvalue weighted by molar-refractivity contribution is 9.10. The van der Waals surface area contributed by atoms with Gasteiger partial charge in [0, 0.05) is 4.47 Å². The van der Waals surface area contributed by atoms with E-state index in [0.29, 0.717) is 11.8 Å². The molecule has 6 heteroatoms. The highest BCUT2D eigenvalue weighted by Crippen LogP contribution is 2.19. The minimum Gasteiger partial charge on any atom is -0.484 e. The van der Waals surface area contributed by atoms with Crippen LogP contribution in [0.25, 0.3) is 0 Å². The van der Waals surface area contributed by atoms with Crippen molar-refractivity contribution in [2.45, 2.75) is 19.6 Å². The van der Waals surface area contributed by atoms with Crippen molar-refractivity contribution in [1.29, 1.82) is 0 Å². The lowest BCUT2D eigenvalue weighted by molar-refractivity contribution is 0.257. The number of ether oxygens (including phenoxy) is 1. The number of hydrogen-bond donors (Lipinski definition) is 1. The summed E-state index contributed by atoms with van der Waals surface area (Å²) in [6, 6.07) is 7.27. The van der Waals surface area contributed by atoms with Crippen LogP contribution >= 0.6 is 15.9 Å². The number of nitrogens with two attached hydrogens (primary N) is 1. The predicted molar refractivity (Wildman–Crippen MR) is 65.4 cm³/mol. The minimum absolute atomic E-state index is 0.232. The molecule has 0 amide bonds. The van der Waals surface area contributed by atoms with E-state index in [1.54, 1.807) is 6.92 Å². The SMILES string of the molecule is CC(N)c1nnc(COc2cccc(Br)c2)o1. The lowest BCUT2D eigenvalue weighted by Gasteiger charge is -2.03. The Kier molecular flexibility index (Phi) is 3.75. The minimum atomic E-state index is -0.262. The van der Waals surface area contributed by atoms with Crippen molar-refractivity contribution in [3.8, 4) is 5.75 Å². The molecule has 90 valence electrons. The molecule has 0 fully saturated rings. The van der Waals surface area contributed by atoms with Crippen LogP contribution in [0.4, 0.5) is 0 Å². The van der Waals surface area contributed by atoms with Crippen molar-refractivity contribution in [1.82, 2.24) is 10.2 Å². The average Bonchev–Trinajstić information content (AvgIpc) is 2.75. The first-order valence-electron chi connectivity index (χ1n) is 5.11. The second-order valence-electron chi connectivity index (χ2n) is 3.57. The van der Waals surface area contributed by atoms with Gasteiger partial charge in [0.05, 0.1) is 6.04 Å². The molecule has 2 rings (SSSR count). The van der Waals surface area contributed by atoms with Crippen LogP contribution in [-0.4, -0.2) is 10.2 Å². The Hall–Kier alpha value is -1.40. The van der Waals surface area contributed by atoms with Gasteiger partial charge in [-0.3, -0.25) is 0 Å². The smallest absolute Gasteiger partial charge is 0.253 e. The molecule has 17 heavy (non-hydrogen) atoms. The first-order valence-corrected chi connectivity index (χ1v) is 5.90. The molecule has 0 bridgehead atoms. The van der Waals surface area contributed by atoms with Crippen LogP contribution in [-0.2, 0) is 6.61 Å². The number of nitrogens with zero attached hydrogens (tertiary/aromatic N) is 2. The fraction of sp³-hybridized carbons (Fsp3) is 0.273. The molecule has 0 spiro atoms. The Morgan fingerprint density at radius 3 is 2.94 bits per heavy atom. The summed E-state index contributed by atoms with van der Waals surface area (Å²) >= 11 is 3.36. The van der Waals surface area contributed by atoms with Crippen molar-refractivity contribution < 1.29 is 9.15 Å². The molecule has 0 aliphatic carbocycles. The quantitative estimate of drug-likeness (QED) is 0.938. The maximum Gasteiger partial charge on any atom is 0.253 e. The molecule has 1 aromatic heterocycles.